The number of nitrogens with zero attached hydrogens (tertiary/aromatic N) is 3. The van der Waals surface area contributed by atoms with E-state index < -0.39 is 11.6 Å². The first-order valence-corrected chi connectivity index (χ1v) is 9.50. The normalized spacial score (nSPS) is 14.9. The molecule has 1 aromatic carbocycles. The number of hydrogen-bond donors (Lipinski definition) is 1. The maximum atomic E-state index is 14.2. The Balaban J connectivity index is 1.67. The minimum Gasteiger partial charge on any atom is -0.447 e. The van der Waals surface area contributed by atoms with Crippen LogP contribution in [-0.4, -0.2) is 51.9 Å². The van der Waals surface area contributed by atoms with Gasteiger partial charge in [-0.1, -0.05) is 0 Å². The molecule has 7 nitrogen and oxygen atoms in total. The number of piperidine rings is 1. The van der Waals surface area contributed by atoms with Crippen LogP contribution in [0.1, 0.15) is 37.0 Å². The molecule has 2 heterocycles. The van der Waals surface area contributed by atoms with E-state index in [4.69, 9.17) is 4.74 Å². The van der Waals surface area contributed by atoms with Gasteiger partial charge in [-0.2, -0.15) is 5.10 Å². The lowest BCUT2D eigenvalue weighted by atomic mass is 10.0. The van der Waals surface area contributed by atoms with Crippen molar-refractivity contribution < 1.29 is 23.1 Å². The highest BCUT2D eigenvalue weighted by atomic mass is 19.1. The van der Waals surface area contributed by atoms with Gasteiger partial charge in [0.1, 0.15) is 17.3 Å². The average molecular weight is 406 g/mol. The Labute approximate surface area is 167 Å². The third-order valence-electron chi connectivity index (χ3n) is 4.68. The van der Waals surface area contributed by atoms with Crippen LogP contribution in [0.4, 0.5) is 13.6 Å². The van der Waals surface area contributed by atoms with Crippen molar-refractivity contribution in [2.24, 2.45) is 7.05 Å². The van der Waals surface area contributed by atoms with E-state index in [0.29, 0.717) is 25.9 Å². The van der Waals surface area contributed by atoms with Crippen molar-refractivity contribution in [2.75, 3.05) is 13.1 Å². The molecule has 0 bridgehead atoms. The minimum atomic E-state index is -0.783. The van der Waals surface area contributed by atoms with E-state index in [-0.39, 0.29) is 41.0 Å². The fourth-order valence-corrected chi connectivity index (χ4v) is 3.28. The first-order chi connectivity index (χ1) is 13.7. The number of carbonyl (C=O) groups excluding carboxylic acids is 2. The fourth-order valence-electron chi connectivity index (χ4n) is 3.28. The highest BCUT2D eigenvalue weighted by Gasteiger charge is 2.27. The number of aromatic nitrogens is 2. The largest absolute Gasteiger partial charge is 0.447 e. The van der Waals surface area contributed by atoms with Crippen molar-refractivity contribution >= 4 is 12.0 Å². The van der Waals surface area contributed by atoms with Gasteiger partial charge in [-0.3, -0.25) is 9.48 Å². The number of rotatable bonds is 4. The van der Waals surface area contributed by atoms with Gasteiger partial charge in [0.15, 0.2) is 0 Å². The van der Waals surface area contributed by atoms with E-state index in [0.717, 1.165) is 12.1 Å². The fraction of sp³-hybridized carbons (Fsp3) is 0.450. The van der Waals surface area contributed by atoms with Gasteiger partial charge < -0.3 is 15.0 Å². The Morgan fingerprint density at radius 2 is 1.93 bits per heavy atom. The molecule has 0 aliphatic carbocycles. The van der Waals surface area contributed by atoms with Crippen LogP contribution in [0.2, 0.25) is 0 Å². The van der Waals surface area contributed by atoms with Gasteiger partial charge >= 0.3 is 6.09 Å². The van der Waals surface area contributed by atoms with E-state index >= 15 is 0 Å². The third kappa shape index (κ3) is 4.90. The van der Waals surface area contributed by atoms with Crippen LogP contribution in [0, 0.1) is 11.6 Å². The maximum Gasteiger partial charge on any atom is 0.410 e. The summed E-state index contributed by atoms with van der Waals surface area (Å²) in [6.45, 7) is 4.53. The Morgan fingerprint density at radius 1 is 1.24 bits per heavy atom. The van der Waals surface area contributed by atoms with E-state index in [1.807, 2.05) is 0 Å². The number of halogens is 2. The molecule has 1 aliphatic rings. The molecule has 0 saturated carbocycles. The highest BCUT2D eigenvalue weighted by Crippen LogP contribution is 2.26. The van der Waals surface area contributed by atoms with Crippen molar-refractivity contribution in [1.29, 1.82) is 0 Å². The topological polar surface area (TPSA) is 76.5 Å². The molecule has 156 valence electrons. The second kappa shape index (κ2) is 8.59. The Bertz CT molecular complexity index is 905. The van der Waals surface area contributed by atoms with Crippen LogP contribution in [0.15, 0.2) is 24.4 Å². The van der Waals surface area contributed by atoms with Crippen LogP contribution in [0.3, 0.4) is 0 Å². The first kappa shape index (κ1) is 20.8. The molecule has 2 amide bonds. The second-order valence-electron chi connectivity index (χ2n) is 7.36. The number of amides is 2. The molecule has 0 spiro atoms. The lowest BCUT2D eigenvalue weighted by molar-refractivity contribution is 0.0668. The average Bonchev–Trinajstić information content (AvgIpc) is 3.03. The zero-order valence-corrected chi connectivity index (χ0v) is 16.6. The van der Waals surface area contributed by atoms with E-state index in [9.17, 15) is 18.4 Å². The zero-order chi connectivity index (χ0) is 21.1. The monoisotopic (exact) mass is 406 g/mol. The number of aryl methyl sites for hydroxylation is 1. The van der Waals surface area contributed by atoms with Gasteiger partial charge in [0, 0.05) is 44.0 Å². The lowest BCUT2D eigenvalue weighted by Crippen LogP contribution is -2.47. The molecule has 2 aromatic rings. The molecule has 9 heteroatoms. The predicted octanol–water partition coefficient (Wildman–Crippen LogP) is 3.10. The molecule has 0 unspecified atom stereocenters. The smallest absolute Gasteiger partial charge is 0.410 e. The first-order valence-electron chi connectivity index (χ1n) is 9.50. The van der Waals surface area contributed by atoms with Crippen LogP contribution >= 0.6 is 0 Å². The highest BCUT2D eigenvalue weighted by molar-refractivity contribution is 6.00. The zero-order valence-electron chi connectivity index (χ0n) is 16.6. The molecule has 0 radical (unpaired) electrons. The van der Waals surface area contributed by atoms with Gasteiger partial charge in [-0.15, -0.1) is 0 Å². The van der Waals surface area contributed by atoms with Crippen molar-refractivity contribution in [3.63, 3.8) is 0 Å². The number of carbonyl (C=O) groups is 2. The molecule has 1 saturated heterocycles. The number of ether oxygens (including phenoxy) is 1. The number of likely N-dealkylation sites (tertiary alicyclic amines) is 1. The van der Waals surface area contributed by atoms with Crippen LogP contribution < -0.4 is 5.32 Å². The van der Waals surface area contributed by atoms with Crippen molar-refractivity contribution in [3.05, 3.63) is 41.6 Å². The summed E-state index contributed by atoms with van der Waals surface area (Å²) in [5, 5.41) is 7.09. The van der Waals surface area contributed by atoms with Crippen LogP contribution in [-0.2, 0) is 11.8 Å². The molecule has 1 fully saturated rings. The SMILES string of the molecule is CC(C)OC(=O)N1CCC(NC(=O)c2cn(C)nc2-c2ccc(F)cc2F)CC1. The predicted molar refractivity (Wildman–Crippen MR) is 102 cm³/mol. The van der Waals surface area contributed by atoms with Crippen LogP contribution in [0.25, 0.3) is 11.3 Å². The molecular formula is C20H24F2N4O3. The van der Waals surface area contributed by atoms with Gasteiger partial charge in [-0.25, -0.2) is 13.6 Å². The van der Waals surface area contributed by atoms with Gasteiger partial charge in [0.2, 0.25) is 0 Å². The summed E-state index contributed by atoms with van der Waals surface area (Å²) in [5.41, 5.74) is 0.420. The quantitative estimate of drug-likeness (QED) is 0.847. The van der Waals surface area contributed by atoms with E-state index in [1.165, 1.54) is 16.9 Å². The van der Waals surface area contributed by atoms with E-state index in [2.05, 4.69) is 10.4 Å². The van der Waals surface area contributed by atoms with Crippen LogP contribution in [0.5, 0.6) is 0 Å². The molecule has 3 rings (SSSR count). The molecule has 1 aliphatic heterocycles. The molecular weight excluding hydrogens is 382 g/mol. The standard InChI is InChI=1S/C20H24F2N4O3/c1-12(2)29-20(28)26-8-6-14(7-9-26)23-19(27)16-11-25(3)24-18(16)15-5-4-13(21)10-17(15)22/h4-5,10-12,14H,6-9H2,1-3H3,(H,23,27). The summed E-state index contributed by atoms with van der Waals surface area (Å²) in [4.78, 5) is 26.4. The molecule has 0 atom stereocenters. The Morgan fingerprint density at radius 3 is 2.55 bits per heavy atom. The van der Waals surface area contributed by atoms with Crippen molar-refractivity contribution in [1.82, 2.24) is 20.0 Å². The number of nitrogens with one attached hydrogen (secondary N) is 1. The molecule has 1 N–H and O–H groups in total. The Kier molecular flexibility index (Phi) is 6.14. The molecule has 1 aromatic heterocycles. The molecule has 29 heavy (non-hydrogen) atoms. The summed E-state index contributed by atoms with van der Waals surface area (Å²) in [7, 11) is 1.63. The van der Waals surface area contributed by atoms with E-state index in [1.54, 1.807) is 25.8 Å². The summed E-state index contributed by atoms with van der Waals surface area (Å²) >= 11 is 0. The van der Waals surface area contributed by atoms with Gasteiger partial charge in [0.05, 0.1) is 11.7 Å². The second-order valence-corrected chi connectivity index (χ2v) is 7.36. The summed E-state index contributed by atoms with van der Waals surface area (Å²) in [6.07, 6.45) is 2.13. The van der Waals surface area contributed by atoms with Crippen molar-refractivity contribution in [2.45, 2.75) is 38.8 Å². The summed E-state index contributed by atoms with van der Waals surface area (Å²) in [6, 6.07) is 3.03. The lowest BCUT2D eigenvalue weighted by Gasteiger charge is -2.32. The van der Waals surface area contributed by atoms with Crippen molar-refractivity contribution in [3.8, 4) is 11.3 Å². The summed E-state index contributed by atoms with van der Waals surface area (Å²) in [5.74, 6) is -1.87. The van der Waals surface area contributed by atoms with Gasteiger partial charge in [0.25, 0.3) is 5.91 Å². The number of benzene rings is 1. The van der Waals surface area contributed by atoms with Gasteiger partial charge in [-0.05, 0) is 38.8 Å². The minimum absolute atomic E-state index is 0.0587. The Hall–Kier alpha value is -2.97. The summed E-state index contributed by atoms with van der Waals surface area (Å²) < 4.78 is 34.0. The third-order valence-corrected chi connectivity index (χ3v) is 4.68. The maximum absolute atomic E-state index is 14.2. The number of hydrogen-bond acceptors (Lipinski definition) is 4.